The molecule has 2 aromatic rings. The van der Waals surface area contributed by atoms with Gasteiger partial charge in [-0.15, -0.1) is 11.3 Å². The van der Waals surface area contributed by atoms with E-state index in [-0.39, 0.29) is 17.9 Å². The van der Waals surface area contributed by atoms with Crippen LogP contribution in [0.1, 0.15) is 15.2 Å². The van der Waals surface area contributed by atoms with Gasteiger partial charge in [-0.1, -0.05) is 18.2 Å². The van der Waals surface area contributed by atoms with E-state index in [9.17, 15) is 9.59 Å². The molecule has 2 amide bonds. The predicted molar refractivity (Wildman–Crippen MR) is 88.8 cm³/mol. The highest BCUT2D eigenvalue weighted by Gasteiger charge is 2.37. The molecule has 0 aliphatic carbocycles. The molecular formula is C17H18N2O3S. The van der Waals surface area contributed by atoms with Gasteiger partial charge in [-0.05, 0) is 23.9 Å². The quantitative estimate of drug-likeness (QED) is 0.790. The van der Waals surface area contributed by atoms with E-state index in [1.807, 2.05) is 24.0 Å². The molecule has 0 radical (unpaired) electrons. The minimum Gasteiger partial charge on any atom is -0.363 e. The number of amides is 2. The number of hydrogen-bond donors (Lipinski definition) is 0. The normalized spacial score (nSPS) is 20.8. The molecule has 1 unspecified atom stereocenters. The van der Waals surface area contributed by atoms with Gasteiger partial charge in [0, 0.05) is 30.9 Å². The molecule has 0 bridgehead atoms. The van der Waals surface area contributed by atoms with Crippen LogP contribution in [0.3, 0.4) is 0 Å². The number of epoxide rings is 1. The maximum absolute atomic E-state index is 12.8. The highest BCUT2D eigenvalue weighted by atomic mass is 32.1. The van der Waals surface area contributed by atoms with Crippen molar-refractivity contribution in [3.05, 3.63) is 34.7 Å². The van der Waals surface area contributed by atoms with E-state index in [0.29, 0.717) is 32.8 Å². The summed E-state index contributed by atoms with van der Waals surface area (Å²) in [4.78, 5) is 29.3. The van der Waals surface area contributed by atoms with Crippen molar-refractivity contribution < 1.29 is 14.3 Å². The van der Waals surface area contributed by atoms with Crippen LogP contribution in [0.4, 0.5) is 0 Å². The van der Waals surface area contributed by atoms with E-state index >= 15 is 0 Å². The molecule has 120 valence electrons. The van der Waals surface area contributed by atoms with E-state index < -0.39 is 0 Å². The molecule has 1 aromatic carbocycles. The number of aryl methyl sites for hydroxylation is 1. The van der Waals surface area contributed by atoms with Gasteiger partial charge in [-0.3, -0.25) is 9.59 Å². The first kappa shape index (κ1) is 14.7. The number of carbonyl (C=O) groups is 2. The molecule has 1 aromatic heterocycles. The first-order valence-electron chi connectivity index (χ1n) is 7.83. The van der Waals surface area contributed by atoms with Crippen LogP contribution in [0.25, 0.3) is 10.1 Å². The molecular weight excluding hydrogens is 312 g/mol. The smallest absolute Gasteiger partial charge is 0.264 e. The van der Waals surface area contributed by atoms with Crippen molar-refractivity contribution in [3.63, 3.8) is 0 Å². The third kappa shape index (κ3) is 2.62. The average Bonchev–Trinajstić information content (AvgIpc) is 3.39. The van der Waals surface area contributed by atoms with Crippen molar-refractivity contribution >= 4 is 33.2 Å². The Kier molecular flexibility index (Phi) is 3.58. The van der Waals surface area contributed by atoms with Gasteiger partial charge >= 0.3 is 0 Å². The number of piperazine rings is 1. The summed E-state index contributed by atoms with van der Waals surface area (Å²) in [6.45, 7) is 4.91. The standard InChI is InChI=1S/C17H18N2O3S/c1-11-12-4-2-3-5-14(12)23-15(11)17(21)19-8-6-18(7-9-19)16(20)13-10-22-13/h2-5,13H,6-10H2,1H3. The van der Waals surface area contributed by atoms with Crippen LogP contribution in [0.5, 0.6) is 0 Å². The molecule has 3 heterocycles. The number of hydrogen-bond acceptors (Lipinski definition) is 4. The number of rotatable bonds is 2. The van der Waals surface area contributed by atoms with Crippen LogP contribution < -0.4 is 0 Å². The second-order valence-electron chi connectivity index (χ2n) is 5.99. The number of nitrogens with zero attached hydrogens (tertiary/aromatic N) is 2. The molecule has 2 saturated heterocycles. The molecule has 2 aliphatic heterocycles. The maximum atomic E-state index is 12.8. The first-order chi connectivity index (χ1) is 11.1. The van der Waals surface area contributed by atoms with Crippen molar-refractivity contribution in [2.24, 2.45) is 0 Å². The van der Waals surface area contributed by atoms with E-state index in [0.717, 1.165) is 20.5 Å². The summed E-state index contributed by atoms with van der Waals surface area (Å²) < 4.78 is 6.19. The van der Waals surface area contributed by atoms with Crippen LogP contribution >= 0.6 is 11.3 Å². The zero-order chi connectivity index (χ0) is 16.0. The Balaban J connectivity index is 1.48. The van der Waals surface area contributed by atoms with Crippen LogP contribution in [0.2, 0.25) is 0 Å². The lowest BCUT2D eigenvalue weighted by Crippen LogP contribution is -2.51. The van der Waals surface area contributed by atoms with Crippen molar-refractivity contribution in [2.75, 3.05) is 32.8 Å². The minimum absolute atomic E-state index is 0.0649. The molecule has 2 aliphatic rings. The summed E-state index contributed by atoms with van der Waals surface area (Å²) in [5, 5.41) is 1.15. The van der Waals surface area contributed by atoms with Crippen LogP contribution in [-0.4, -0.2) is 60.5 Å². The largest absolute Gasteiger partial charge is 0.363 e. The fourth-order valence-electron chi connectivity index (χ4n) is 3.05. The maximum Gasteiger partial charge on any atom is 0.264 e. The van der Waals surface area contributed by atoms with E-state index in [1.54, 1.807) is 16.2 Å². The lowest BCUT2D eigenvalue weighted by Gasteiger charge is -2.34. The molecule has 4 rings (SSSR count). The van der Waals surface area contributed by atoms with Crippen molar-refractivity contribution in [2.45, 2.75) is 13.0 Å². The third-order valence-corrected chi connectivity index (χ3v) is 5.79. The Labute approximate surface area is 138 Å². The third-order valence-electron chi connectivity index (χ3n) is 4.53. The zero-order valence-electron chi connectivity index (χ0n) is 12.9. The summed E-state index contributed by atoms with van der Waals surface area (Å²) in [5.41, 5.74) is 1.06. The molecule has 0 N–H and O–H groups in total. The van der Waals surface area contributed by atoms with E-state index in [1.165, 1.54) is 0 Å². The predicted octanol–water partition coefficient (Wildman–Crippen LogP) is 1.89. The number of benzene rings is 1. The molecule has 5 nitrogen and oxygen atoms in total. The van der Waals surface area contributed by atoms with Crippen molar-refractivity contribution in [3.8, 4) is 0 Å². The Morgan fingerprint density at radius 3 is 2.43 bits per heavy atom. The Bertz CT molecular complexity index is 773. The highest BCUT2D eigenvalue weighted by Crippen LogP contribution is 2.31. The van der Waals surface area contributed by atoms with Gasteiger partial charge < -0.3 is 14.5 Å². The molecule has 0 spiro atoms. The van der Waals surface area contributed by atoms with Crippen molar-refractivity contribution in [1.29, 1.82) is 0 Å². The number of ether oxygens (including phenoxy) is 1. The molecule has 23 heavy (non-hydrogen) atoms. The topological polar surface area (TPSA) is 53.2 Å². The van der Waals surface area contributed by atoms with E-state index in [4.69, 9.17) is 4.74 Å². The van der Waals surface area contributed by atoms with Gasteiger partial charge in [0.05, 0.1) is 11.5 Å². The summed E-state index contributed by atoms with van der Waals surface area (Å²) in [7, 11) is 0. The highest BCUT2D eigenvalue weighted by molar-refractivity contribution is 7.21. The Morgan fingerprint density at radius 1 is 1.13 bits per heavy atom. The Morgan fingerprint density at radius 2 is 1.78 bits per heavy atom. The van der Waals surface area contributed by atoms with Crippen LogP contribution in [0, 0.1) is 6.92 Å². The monoisotopic (exact) mass is 330 g/mol. The number of fused-ring (bicyclic) bond motifs is 1. The molecule has 2 fully saturated rings. The second kappa shape index (κ2) is 5.62. The lowest BCUT2D eigenvalue weighted by atomic mass is 10.1. The molecule has 0 saturated carbocycles. The van der Waals surface area contributed by atoms with Gasteiger partial charge in [-0.25, -0.2) is 0 Å². The SMILES string of the molecule is Cc1c(C(=O)N2CCN(C(=O)C3CO3)CC2)sc2ccccc12. The fourth-order valence-corrected chi connectivity index (χ4v) is 4.22. The number of thiophene rings is 1. The van der Waals surface area contributed by atoms with Crippen LogP contribution in [-0.2, 0) is 9.53 Å². The van der Waals surface area contributed by atoms with Gasteiger partial charge in [0.2, 0.25) is 0 Å². The van der Waals surface area contributed by atoms with Gasteiger partial charge in [0.25, 0.3) is 11.8 Å². The lowest BCUT2D eigenvalue weighted by molar-refractivity contribution is -0.133. The Hall–Kier alpha value is -1.92. The number of carbonyl (C=O) groups excluding carboxylic acids is 2. The van der Waals surface area contributed by atoms with Gasteiger partial charge in [0.15, 0.2) is 6.10 Å². The van der Waals surface area contributed by atoms with Gasteiger partial charge in [-0.2, -0.15) is 0 Å². The molecule has 6 heteroatoms. The van der Waals surface area contributed by atoms with Crippen molar-refractivity contribution in [1.82, 2.24) is 9.80 Å². The summed E-state index contributed by atoms with van der Waals surface area (Å²) in [6, 6.07) is 8.11. The van der Waals surface area contributed by atoms with E-state index in [2.05, 4.69) is 12.1 Å². The minimum atomic E-state index is -0.234. The second-order valence-corrected chi connectivity index (χ2v) is 7.04. The fraction of sp³-hybridized carbons (Fsp3) is 0.412. The van der Waals surface area contributed by atoms with Crippen LogP contribution in [0.15, 0.2) is 24.3 Å². The zero-order valence-corrected chi connectivity index (χ0v) is 13.8. The van der Waals surface area contributed by atoms with Gasteiger partial charge in [0.1, 0.15) is 0 Å². The molecule has 1 atom stereocenters. The average molecular weight is 330 g/mol. The summed E-state index contributed by atoms with van der Waals surface area (Å²) in [6.07, 6.45) is -0.234. The first-order valence-corrected chi connectivity index (χ1v) is 8.64. The summed E-state index contributed by atoms with van der Waals surface area (Å²) >= 11 is 1.56. The summed E-state index contributed by atoms with van der Waals surface area (Å²) in [5.74, 6) is 0.147.